The average molecular weight is 380 g/mol. The number of piperidine rings is 1. The second-order valence-corrected chi connectivity index (χ2v) is 8.27. The van der Waals surface area contributed by atoms with Crippen LogP contribution in [0.5, 0.6) is 0 Å². The number of halogens is 1. The fourth-order valence-electron chi connectivity index (χ4n) is 2.95. The molecule has 0 spiro atoms. The van der Waals surface area contributed by atoms with Gasteiger partial charge in [-0.15, -0.1) is 11.6 Å². The lowest BCUT2D eigenvalue weighted by atomic mass is 9.97. The molecule has 0 saturated carbocycles. The van der Waals surface area contributed by atoms with E-state index in [9.17, 15) is 9.59 Å². The van der Waals surface area contributed by atoms with Crippen LogP contribution in [0.25, 0.3) is 0 Å². The number of rotatable bonds is 6. The molecule has 2 amide bonds. The van der Waals surface area contributed by atoms with Crippen molar-refractivity contribution in [3.8, 4) is 0 Å². The Bertz CT molecular complexity index is 638. The van der Waals surface area contributed by atoms with Crippen molar-refractivity contribution in [1.29, 1.82) is 0 Å². The Morgan fingerprint density at radius 2 is 1.88 bits per heavy atom. The molecule has 0 aromatic heterocycles. The number of carbonyl (C=O) groups is 2. The molecular formula is C20H30ClN3O2. The Morgan fingerprint density at radius 1 is 1.23 bits per heavy atom. The zero-order chi connectivity index (χ0) is 19.3. The highest BCUT2D eigenvalue weighted by molar-refractivity contribution is 6.32. The van der Waals surface area contributed by atoms with Crippen LogP contribution < -0.4 is 15.5 Å². The van der Waals surface area contributed by atoms with Crippen molar-refractivity contribution >= 4 is 34.8 Å². The molecule has 1 aliphatic heterocycles. The number of hydrogen-bond donors (Lipinski definition) is 2. The van der Waals surface area contributed by atoms with E-state index in [1.54, 1.807) is 13.0 Å². The molecule has 1 heterocycles. The largest absolute Gasteiger partial charge is 0.371 e. The molecular weight excluding hydrogens is 350 g/mol. The lowest BCUT2D eigenvalue weighted by Crippen LogP contribution is -2.35. The van der Waals surface area contributed by atoms with Crippen LogP contribution in [0, 0.1) is 11.8 Å². The van der Waals surface area contributed by atoms with E-state index in [0.29, 0.717) is 29.6 Å². The van der Waals surface area contributed by atoms with Gasteiger partial charge < -0.3 is 15.5 Å². The lowest BCUT2D eigenvalue weighted by Gasteiger charge is -2.33. The molecule has 0 radical (unpaired) electrons. The summed E-state index contributed by atoms with van der Waals surface area (Å²) in [6.45, 7) is 10.5. The van der Waals surface area contributed by atoms with Gasteiger partial charge in [0.05, 0.1) is 5.56 Å². The van der Waals surface area contributed by atoms with E-state index >= 15 is 0 Å². The maximum absolute atomic E-state index is 12.8. The summed E-state index contributed by atoms with van der Waals surface area (Å²) in [6, 6.07) is 5.51. The Labute approximate surface area is 161 Å². The molecule has 1 aromatic rings. The maximum Gasteiger partial charge on any atom is 0.253 e. The predicted molar refractivity (Wildman–Crippen MR) is 108 cm³/mol. The second-order valence-electron chi connectivity index (χ2n) is 7.61. The van der Waals surface area contributed by atoms with E-state index in [2.05, 4.69) is 36.3 Å². The Hall–Kier alpha value is -1.75. The lowest BCUT2D eigenvalue weighted by molar-refractivity contribution is -0.115. The summed E-state index contributed by atoms with van der Waals surface area (Å²) < 4.78 is 0. The van der Waals surface area contributed by atoms with Crippen molar-refractivity contribution in [2.24, 2.45) is 11.8 Å². The van der Waals surface area contributed by atoms with Gasteiger partial charge in [-0.2, -0.15) is 0 Å². The first-order valence-electron chi connectivity index (χ1n) is 9.40. The molecule has 26 heavy (non-hydrogen) atoms. The van der Waals surface area contributed by atoms with Gasteiger partial charge in [0.1, 0.15) is 5.38 Å². The minimum atomic E-state index is -0.628. The van der Waals surface area contributed by atoms with E-state index in [-0.39, 0.29) is 11.8 Å². The van der Waals surface area contributed by atoms with Gasteiger partial charge in [-0.05, 0) is 49.8 Å². The van der Waals surface area contributed by atoms with Gasteiger partial charge in [0.15, 0.2) is 0 Å². The van der Waals surface area contributed by atoms with Crippen molar-refractivity contribution in [2.45, 2.75) is 45.9 Å². The zero-order valence-electron chi connectivity index (χ0n) is 16.1. The number of amides is 2. The fraction of sp³-hybridized carbons (Fsp3) is 0.600. The highest BCUT2D eigenvalue weighted by Gasteiger charge is 2.22. The van der Waals surface area contributed by atoms with Crippen molar-refractivity contribution in [3.63, 3.8) is 0 Å². The number of hydrogen-bond acceptors (Lipinski definition) is 3. The van der Waals surface area contributed by atoms with Crippen LogP contribution >= 0.6 is 11.6 Å². The molecule has 0 aliphatic carbocycles. The third kappa shape index (κ3) is 5.63. The van der Waals surface area contributed by atoms with Gasteiger partial charge in [-0.3, -0.25) is 9.59 Å². The van der Waals surface area contributed by atoms with E-state index in [1.807, 2.05) is 12.1 Å². The number of anilines is 2. The fourth-order valence-corrected chi connectivity index (χ4v) is 3.01. The Morgan fingerprint density at radius 3 is 2.46 bits per heavy atom. The summed E-state index contributed by atoms with van der Waals surface area (Å²) >= 11 is 5.83. The molecule has 1 aliphatic rings. The first-order valence-corrected chi connectivity index (χ1v) is 9.83. The van der Waals surface area contributed by atoms with E-state index in [0.717, 1.165) is 31.6 Å². The topological polar surface area (TPSA) is 61.4 Å². The minimum absolute atomic E-state index is 0.109. The molecule has 144 valence electrons. The quantitative estimate of drug-likeness (QED) is 0.737. The third-order valence-corrected chi connectivity index (χ3v) is 4.86. The summed E-state index contributed by atoms with van der Waals surface area (Å²) in [5, 5.41) is 5.13. The minimum Gasteiger partial charge on any atom is -0.371 e. The smallest absolute Gasteiger partial charge is 0.253 e. The summed E-state index contributed by atoms with van der Waals surface area (Å²) in [5.41, 5.74) is 2.11. The molecule has 2 N–H and O–H groups in total. The van der Waals surface area contributed by atoms with Gasteiger partial charge in [-0.1, -0.05) is 20.8 Å². The summed E-state index contributed by atoms with van der Waals surface area (Å²) in [7, 11) is 0. The van der Waals surface area contributed by atoms with Crippen molar-refractivity contribution in [2.75, 3.05) is 29.9 Å². The Balaban J connectivity index is 2.27. The molecule has 5 nitrogen and oxygen atoms in total. The van der Waals surface area contributed by atoms with Crippen LogP contribution in [0.2, 0.25) is 0 Å². The summed E-state index contributed by atoms with van der Waals surface area (Å²) in [6.07, 6.45) is 2.24. The van der Waals surface area contributed by atoms with Crippen molar-refractivity contribution in [1.82, 2.24) is 5.32 Å². The second kappa shape index (κ2) is 9.26. The molecule has 0 bridgehead atoms. The average Bonchev–Trinajstić information content (AvgIpc) is 2.60. The van der Waals surface area contributed by atoms with Gasteiger partial charge >= 0.3 is 0 Å². The number of nitrogens with one attached hydrogen (secondary N) is 2. The van der Waals surface area contributed by atoms with Gasteiger partial charge in [-0.25, -0.2) is 0 Å². The summed E-state index contributed by atoms with van der Waals surface area (Å²) in [4.78, 5) is 26.9. The molecule has 1 saturated heterocycles. The van der Waals surface area contributed by atoms with Crippen LogP contribution in [-0.2, 0) is 4.79 Å². The van der Waals surface area contributed by atoms with E-state index in [4.69, 9.17) is 11.6 Å². The van der Waals surface area contributed by atoms with Crippen LogP contribution in [-0.4, -0.2) is 36.8 Å². The van der Waals surface area contributed by atoms with Crippen LogP contribution in [0.4, 0.5) is 11.4 Å². The molecule has 2 rings (SSSR count). The van der Waals surface area contributed by atoms with Gasteiger partial charge in [0.2, 0.25) is 5.91 Å². The molecule has 1 aromatic carbocycles. The number of carbonyl (C=O) groups excluding carboxylic acids is 2. The maximum atomic E-state index is 12.8. The number of alkyl halides is 1. The highest BCUT2D eigenvalue weighted by atomic mass is 35.5. The number of benzene rings is 1. The van der Waals surface area contributed by atoms with E-state index < -0.39 is 5.38 Å². The van der Waals surface area contributed by atoms with Gasteiger partial charge in [0, 0.05) is 31.0 Å². The van der Waals surface area contributed by atoms with Crippen LogP contribution in [0.3, 0.4) is 0 Å². The predicted octanol–water partition coefficient (Wildman–Crippen LogP) is 3.87. The highest BCUT2D eigenvalue weighted by Crippen LogP contribution is 2.29. The molecule has 1 atom stereocenters. The standard InChI is InChI=1S/C20H30ClN3O2/c1-13(2)12-22-20(26)17-11-16(23-19(25)15(4)21)5-6-18(17)24-9-7-14(3)8-10-24/h5-6,11,13-15H,7-10,12H2,1-4H3,(H,22,26)(H,23,25). The normalized spacial score (nSPS) is 16.5. The van der Waals surface area contributed by atoms with Crippen molar-refractivity contribution in [3.05, 3.63) is 23.8 Å². The number of nitrogens with zero attached hydrogens (tertiary/aromatic N) is 1. The van der Waals surface area contributed by atoms with Gasteiger partial charge in [0.25, 0.3) is 5.91 Å². The zero-order valence-corrected chi connectivity index (χ0v) is 16.9. The Kier molecular flexibility index (Phi) is 7.33. The summed E-state index contributed by atoms with van der Waals surface area (Å²) in [5.74, 6) is 0.702. The van der Waals surface area contributed by atoms with Crippen LogP contribution in [0.15, 0.2) is 18.2 Å². The monoisotopic (exact) mass is 379 g/mol. The first kappa shape index (κ1) is 20.6. The molecule has 6 heteroatoms. The molecule has 1 fully saturated rings. The molecule has 1 unspecified atom stereocenters. The SMILES string of the molecule is CC(C)CNC(=O)c1cc(NC(=O)C(C)Cl)ccc1N1CCC(C)CC1. The van der Waals surface area contributed by atoms with Crippen molar-refractivity contribution < 1.29 is 9.59 Å². The van der Waals surface area contributed by atoms with E-state index in [1.165, 1.54) is 0 Å². The third-order valence-electron chi connectivity index (χ3n) is 4.67. The first-order chi connectivity index (χ1) is 12.3. The van der Waals surface area contributed by atoms with Crippen LogP contribution in [0.1, 0.15) is 50.9 Å².